The largest absolute Gasteiger partial charge is 0.469 e. The fraction of sp³-hybridized carbons (Fsp3) is 0.556. The predicted octanol–water partition coefficient (Wildman–Crippen LogP) is 1.32. The highest BCUT2D eigenvalue weighted by molar-refractivity contribution is 5.16. The molecule has 0 aliphatic carbocycles. The van der Waals surface area contributed by atoms with Gasteiger partial charge in [-0.25, -0.2) is 0 Å². The Kier molecular flexibility index (Phi) is 3.31. The Morgan fingerprint density at radius 1 is 1.67 bits per heavy atom. The smallest absolute Gasteiger partial charge is 0.110 e. The molecule has 0 amide bonds. The molecule has 68 valence electrons. The van der Waals surface area contributed by atoms with Crippen molar-refractivity contribution in [1.82, 2.24) is 0 Å². The van der Waals surface area contributed by atoms with E-state index >= 15 is 0 Å². The van der Waals surface area contributed by atoms with E-state index in [0.29, 0.717) is 6.61 Å². The van der Waals surface area contributed by atoms with Crippen molar-refractivity contribution in [3.63, 3.8) is 0 Å². The molecule has 3 heteroatoms. The lowest BCUT2D eigenvalue weighted by molar-refractivity contribution is 0.183. The summed E-state index contributed by atoms with van der Waals surface area (Å²) in [5.74, 6) is 0.937. The minimum Gasteiger partial charge on any atom is -0.469 e. The molecule has 1 aromatic rings. The number of hydrogen-bond donors (Lipinski definition) is 1. The summed E-state index contributed by atoms with van der Waals surface area (Å²) in [6.07, 6.45) is 2.44. The van der Waals surface area contributed by atoms with E-state index in [2.05, 4.69) is 0 Å². The minimum absolute atomic E-state index is 0.131. The van der Waals surface area contributed by atoms with Crippen molar-refractivity contribution >= 4 is 0 Å². The normalized spacial score (nSPS) is 13.2. The molecule has 0 saturated carbocycles. The van der Waals surface area contributed by atoms with Gasteiger partial charge < -0.3 is 14.9 Å². The number of methoxy groups -OCH3 is 1. The van der Waals surface area contributed by atoms with Gasteiger partial charge in [-0.15, -0.1) is 0 Å². The van der Waals surface area contributed by atoms with Crippen LogP contribution >= 0.6 is 0 Å². The Labute approximate surface area is 72.5 Å². The molecule has 0 fully saturated rings. The first-order chi connectivity index (χ1) is 5.74. The molecule has 0 aliphatic rings. The lowest BCUT2D eigenvalue weighted by Crippen LogP contribution is -2.18. The maximum Gasteiger partial charge on any atom is 0.110 e. The summed E-state index contributed by atoms with van der Waals surface area (Å²) in [6, 6.07) is 2.05. The average Bonchev–Trinajstić information content (AvgIpc) is 2.37. The molecule has 0 aliphatic heterocycles. The van der Waals surface area contributed by atoms with Gasteiger partial charge in [0, 0.05) is 25.1 Å². The van der Waals surface area contributed by atoms with Gasteiger partial charge in [0.2, 0.25) is 0 Å². The summed E-state index contributed by atoms with van der Waals surface area (Å²) in [7, 11) is 1.67. The van der Waals surface area contributed by atoms with E-state index in [0.717, 1.165) is 17.7 Å². The predicted molar refractivity (Wildman–Crippen MR) is 46.8 cm³/mol. The van der Waals surface area contributed by atoms with Crippen LogP contribution in [0.4, 0.5) is 0 Å². The van der Waals surface area contributed by atoms with Gasteiger partial charge in [-0.1, -0.05) is 0 Å². The summed E-state index contributed by atoms with van der Waals surface area (Å²) in [6.45, 7) is 2.55. The van der Waals surface area contributed by atoms with E-state index in [-0.39, 0.29) is 6.04 Å². The molecule has 0 aromatic carbocycles. The molecule has 2 N–H and O–H groups in total. The molecule has 12 heavy (non-hydrogen) atoms. The Morgan fingerprint density at radius 3 is 3.00 bits per heavy atom. The number of nitrogens with two attached hydrogens (primary N) is 1. The first-order valence-corrected chi connectivity index (χ1v) is 4.03. The van der Waals surface area contributed by atoms with Crippen LogP contribution in [0.3, 0.4) is 0 Å². The van der Waals surface area contributed by atoms with Crippen LogP contribution in [-0.2, 0) is 17.8 Å². The number of ether oxygens (including phenoxy) is 1. The summed E-state index contributed by atoms with van der Waals surface area (Å²) in [5.41, 5.74) is 6.74. The third kappa shape index (κ3) is 2.36. The summed E-state index contributed by atoms with van der Waals surface area (Å²) in [5, 5.41) is 0. The molecule has 0 unspecified atom stereocenters. The Bertz CT molecular complexity index is 230. The molecule has 1 heterocycles. The maximum atomic E-state index is 5.65. The quantitative estimate of drug-likeness (QED) is 0.739. The number of hydrogen-bond acceptors (Lipinski definition) is 3. The molecule has 3 nitrogen and oxygen atoms in total. The zero-order chi connectivity index (χ0) is 8.97. The molecule has 1 aromatic heterocycles. The van der Waals surface area contributed by atoms with Gasteiger partial charge in [0.25, 0.3) is 0 Å². The van der Waals surface area contributed by atoms with Gasteiger partial charge in [-0.2, -0.15) is 0 Å². The Balaban J connectivity index is 2.63. The SMILES string of the molecule is COCc1ccoc1C[C@@H](C)N. The zero-order valence-electron chi connectivity index (χ0n) is 7.54. The van der Waals surface area contributed by atoms with Gasteiger partial charge in [0.1, 0.15) is 5.76 Å². The highest BCUT2D eigenvalue weighted by Gasteiger charge is 2.07. The molecule has 0 bridgehead atoms. The third-order valence-electron chi connectivity index (χ3n) is 1.64. The highest BCUT2D eigenvalue weighted by Crippen LogP contribution is 2.12. The molecule has 1 rings (SSSR count). The van der Waals surface area contributed by atoms with Gasteiger partial charge in [0.05, 0.1) is 12.9 Å². The Hall–Kier alpha value is -0.800. The topological polar surface area (TPSA) is 48.4 Å². The summed E-state index contributed by atoms with van der Waals surface area (Å²) < 4.78 is 10.3. The summed E-state index contributed by atoms with van der Waals surface area (Å²) >= 11 is 0. The average molecular weight is 169 g/mol. The molecule has 0 saturated heterocycles. The molecular formula is C9H15NO2. The van der Waals surface area contributed by atoms with Crippen molar-refractivity contribution in [2.45, 2.75) is 26.0 Å². The number of rotatable bonds is 4. The van der Waals surface area contributed by atoms with Gasteiger partial charge in [-0.3, -0.25) is 0 Å². The zero-order valence-corrected chi connectivity index (χ0v) is 7.54. The van der Waals surface area contributed by atoms with Crippen LogP contribution in [0, 0.1) is 0 Å². The second-order valence-corrected chi connectivity index (χ2v) is 2.98. The van der Waals surface area contributed by atoms with Crippen molar-refractivity contribution in [1.29, 1.82) is 0 Å². The lowest BCUT2D eigenvalue weighted by Gasteiger charge is -2.03. The minimum atomic E-state index is 0.131. The monoisotopic (exact) mass is 169 g/mol. The van der Waals surface area contributed by atoms with E-state index < -0.39 is 0 Å². The molecular weight excluding hydrogens is 154 g/mol. The Morgan fingerprint density at radius 2 is 2.42 bits per heavy atom. The highest BCUT2D eigenvalue weighted by atomic mass is 16.5. The first-order valence-electron chi connectivity index (χ1n) is 4.03. The van der Waals surface area contributed by atoms with Crippen LogP contribution < -0.4 is 5.73 Å². The van der Waals surface area contributed by atoms with Crippen molar-refractivity contribution in [3.8, 4) is 0 Å². The maximum absolute atomic E-state index is 5.65. The molecule has 0 radical (unpaired) electrons. The van der Waals surface area contributed by atoms with E-state index in [9.17, 15) is 0 Å². The lowest BCUT2D eigenvalue weighted by atomic mass is 10.1. The number of furan rings is 1. The third-order valence-corrected chi connectivity index (χ3v) is 1.64. The fourth-order valence-corrected chi connectivity index (χ4v) is 1.12. The standard InChI is InChI=1S/C9H15NO2/c1-7(10)5-9-8(6-11-2)3-4-12-9/h3-4,7H,5-6,10H2,1-2H3/t7-/m1/s1. The van der Waals surface area contributed by atoms with Crippen LogP contribution in [0.5, 0.6) is 0 Å². The van der Waals surface area contributed by atoms with Crippen LogP contribution in [0.2, 0.25) is 0 Å². The van der Waals surface area contributed by atoms with Crippen LogP contribution in [0.25, 0.3) is 0 Å². The molecule has 1 atom stereocenters. The summed E-state index contributed by atoms with van der Waals surface area (Å²) in [4.78, 5) is 0. The van der Waals surface area contributed by atoms with Crippen molar-refractivity contribution in [2.75, 3.05) is 7.11 Å². The second-order valence-electron chi connectivity index (χ2n) is 2.98. The van der Waals surface area contributed by atoms with Crippen LogP contribution in [-0.4, -0.2) is 13.2 Å². The van der Waals surface area contributed by atoms with Crippen LogP contribution in [0.1, 0.15) is 18.2 Å². The first kappa shape index (κ1) is 9.29. The van der Waals surface area contributed by atoms with Gasteiger partial charge >= 0.3 is 0 Å². The second kappa shape index (κ2) is 4.28. The van der Waals surface area contributed by atoms with E-state index in [4.69, 9.17) is 14.9 Å². The fourth-order valence-electron chi connectivity index (χ4n) is 1.12. The molecule has 0 spiro atoms. The van der Waals surface area contributed by atoms with Crippen molar-refractivity contribution < 1.29 is 9.15 Å². The van der Waals surface area contributed by atoms with Gasteiger partial charge in [0.15, 0.2) is 0 Å². The van der Waals surface area contributed by atoms with Crippen molar-refractivity contribution in [2.24, 2.45) is 5.73 Å². The van der Waals surface area contributed by atoms with Crippen LogP contribution in [0.15, 0.2) is 16.7 Å². The van der Waals surface area contributed by atoms with Crippen molar-refractivity contribution in [3.05, 3.63) is 23.7 Å². The van der Waals surface area contributed by atoms with Gasteiger partial charge in [-0.05, 0) is 13.0 Å². The van der Waals surface area contributed by atoms with E-state index in [1.807, 2.05) is 13.0 Å². The van der Waals surface area contributed by atoms with E-state index in [1.165, 1.54) is 0 Å². The van der Waals surface area contributed by atoms with E-state index in [1.54, 1.807) is 13.4 Å².